The Labute approximate surface area is 172 Å². The van der Waals surface area contributed by atoms with E-state index in [1.54, 1.807) is 24.3 Å². The molecule has 0 bridgehead atoms. The summed E-state index contributed by atoms with van der Waals surface area (Å²) >= 11 is 0. The fourth-order valence-electron chi connectivity index (χ4n) is 2.86. The number of rotatable bonds is 6. The van der Waals surface area contributed by atoms with E-state index in [9.17, 15) is 24.3 Å². The van der Waals surface area contributed by atoms with Crippen molar-refractivity contribution in [3.63, 3.8) is 0 Å². The molecule has 156 valence electrons. The van der Waals surface area contributed by atoms with Crippen LogP contribution >= 0.6 is 0 Å². The highest BCUT2D eigenvalue weighted by molar-refractivity contribution is 5.95. The number of aromatic nitrogens is 4. The maximum absolute atomic E-state index is 12.5. The summed E-state index contributed by atoms with van der Waals surface area (Å²) in [5.41, 5.74) is 10.1. The summed E-state index contributed by atoms with van der Waals surface area (Å²) in [4.78, 5) is 54.5. The van der Waals surface area contributed by atoms with E-state index in [2.05, 4.69) is 25.7 Å². The molecular weight excluding hydrogens is 408 g/mol. The van der Waals surface area contributed by atoms with Gasteiger partial charge in [-0.15, -0.1) is 5.10 Å². The third-order valence-electron chi connectivity index (χ3n) is 4.38. The molecule has 4 rings (SSSR count). The Balaban J connectivity index is 1.51. The Kier molecular flexibility index (Phi) is 4.54. The molecule has 7 N–H and O–H groups in total. The monoisotopic (exact) mass is 422 g/mol. The number of fused-ring (bicyclic) bond motifs is 1. The van der Waals surface area contributed by atoms with Crippen molar-refractivity contribution in [3.05, 3.63) is 67.7 Å². The van der Waals surface area contributed by atoms with Crippen molar-refractivity contribution in [3.8, 4) is 0 Å². The molecule has 2 aromatic heterocycles. The molecule has 2 aromatic carbocycles. The van der Waals surface area contributed by atoms with Crippen molar-refractivity contribution in [2.75, 3.05) is 16.8 Å². The first-order chi connectivity index (χ1) is 14.7. The van der Waals surface area contributed by atoms with Gasteiger partial charge < -0.3 is 27.2 Å². The summed E-state index contributed by atoms with van der Waals surface area (Å²) < 4.78 is 0.927. The van der Waals surface area contributed by atoms with Crippen LogP contribution in [0.2, 0.25) is 0 Å². The molecule has 0 radical (unpaired) electrons. The van der Waals surface area contributed by atoms with Crippen LogP contribution in [0.25, 0.3) is 5.78 Å². The van der Waals surface area contributed by atoms with E-state index in [0.717, 1.165) is 10.6 Å². The molecule has 0 saturated heterocycles. The molecule has 0 saturated carbocycles. The summed E-state index contributed by atoms with van der Waals surface area (Å²) in [7, 11) is 0. The van der Waals surface area contributed by atoms with E-state index in [1.807, 2.05) is 0 Å². The van der Waals surface area contributed by atoms with Gasteiger partial charge in [0, 0.05) is 18.3 Å². The molecule has 0 fully saturated rings. The molecule has 13 nitrogen and oxygen atoms in total. The number of hydrogen-bond donors (Lipinski definition) is 5. The van der Waals surface area contributed by atoms with Gasteiger partial charge >= 0.3 is 5.97 Å². The van der Waals surface area contributed by atoms with Gasteiger partial charge in [-0.2, -0.15) is 9.50 Å². The fourth-order valence-corrected chi connectivity index (χ4v) is 2.86. The Morgan fingerprint density at radius 2 is 1.87 bits per heavy atom. The number of carbonyl (C=O) groups excluding carboxylic acids is 1. The Hall–Kier alpha value is -4.81. The van der Waals surface area contributed by atoms with Crippen LogP contribution in [0.5, 0.6) is 0 Å². The van der Waals surface area contributed by atoms with Crippen LogP contribution < -0.4 is 33.0 Å². The summed E-state index contributed by atoms with van der Waals surface area (Å²) in [6.45, 7) is 0.0693. The summed E-state index contributed by atoms with van der Waals surface area (Å²) in [5, 5.41) is 18.5. The van der Waals surface area contributed by atoms with E-state index in [4.69, 9.17) is 11.5 Å². The second-order valence-corrected chi connectivity index (χ2v) is 6.47. The van der Waals surface area contributed by atoms with Crippen LogP contribution in [0.3, 0.4) is 0 Å². The van der Waals surface area contributed by atoms with Gasteiger partial charge in [-0.25, -0.2) is 9.78 Å². The van der Waals surface area contributed by atoms with Crippen LogP contribution in [0.15, 0.2) is 39.9 Å². The number of nitrogen functional groups attached to an aromatic ring is 2. The van der Waals surface area contributed by atoms with Gasteiger partial charge in [0.15, 0.2) is 5.69 Å². The minimum absolute atomic E-state index is 0.0254. The fraction of sp³-hybridized carbons (Fsp3) is 0.0556. The van der Waals surface area contributed by atoms with E-state index in [0.29, 0.717) is 11.3 Å². The summed E-state index contributed by atoms with van der Waals surface area (Å²) in [6, 6.07) is 7.76. The number of amides is 1. The lowest BCUT2D eigenvalue weighted by atomic mass is 10.1. The van der Waals surface area contributed by atoms with Crippen molar-refractivity contribution in [1.29, 1.82) is 0 Å². The Bertz CT molecular complexity index is 1430. The topological polar surface area (TPSA) is 208 Å². The first-order valence-electron chi connectivity index (χ1n) is 8.74. The SMILES string of the molecule is Nc1nc2nc(C(=O)NCc3cccc(Nc4c(N)c(=O)c4=O)c3)cc(C(=O)O)n2n1. The second kappa shape index (κ2) is 7.22. The standard InChI is InChI=1S/C18H14N8O5/c19-11-12(14(28)13(11)27)22-8-3-1-2-7(4-8)6-21-15(29)9-5-10(16(30)31)26-18(23-9)24-17(20)25-26/h1-5,22H,6,19H2,(H2,20,25)(H,21,29)(H,30,31). The normalized spacial score (nSPS) is 11.0. The van der Waals surface area contributed by atoms with Crippen LogP contribution in [0.4, 0.5) is 23.0 Å². The zero-order chi connectivity index (χ0) is 22.3. The van der Waals surface area contributed by atoms with Crippen molar-refractivity contribution < 1.29 is 14.7 Å². The zero-order valence-electron chi connectivity index (χ0n) is 15.6. The maximum Gasteiger partial charge on any atom is 0.354 e. The minimum atomic E-state index is -1.33. The number of hydrogen-bond acceptors (Lipinski definition) is 10. The third kappa shape index (κ3) is 3.50. The second-order valence-electron chi connectivity index (χ2n) is 6.47. The predicted octanol–water partition coefficient (Wildman–Crippen LogP) is -0.743. The van der Waals surface area contributed by atoms with E-state index in [1.165, 1.54) is 0 Å². The van der Waals surface area contributed by atoms with E-state index in [-0.39, 0.29) is 41.0 Å². The lowest BCUT2D eigenvalue weighted by Crippen LogP contribution is -2.36. The molecule has 4 aromatic rings. The van der Waals surface area contributed by atoms with Gasteiger partial charge in [0.25, 0.3) is 22.5 Å². The highest BCUT2D eigenvalue weighted by atomic mass is 16.4. The molecule has 0 spiro atoms. The van der Waals surface area contributed by atoms with Gasteiger partial charge in [0.05, 0.1) is 0 Å². The van der Waals surface area contributed by atoms with Crippen LogP contribution in [-0.4, -0.2) is 36.6 Å². The van der Waals surface area contributed by atoms with Gasteiger partial charge in [-0.05, 0) is 17.7 Å². The van der Waals surface area contributed by atoms with Gasteiger partial charge in [-0.1, -0.05) is 12.1 Å². The number of nitrogens with one attached hydrogen (secondary N) is 2. The number of aromatic carboxylic acids is 1. The number of nitrogens with zero attached hydrogens (tertiary/aromatic N) is 4. The molecule has 0 aliphatic carbocycles. The highest BCUT2D eigenvalue weighted by Gasteiger charge is 2.19. The van der Waals surface area contributed by atoms with Crippen molar-refractivity contribution >= 4 is 40.7 Å². The van der Waals surface area contributed by atoms with Gasteiger partial charge in [0.2, 0.25) is 5.95 Å². The average Bonchev–Trinajstić information content (AvgIpc) is 3.14. The number of carboxylic acid groups (broad SMARTS) is 1. The lowest BCUT2D eigenvalue weighted by Gasteiger charge is -2.11. The molecule has 1 amide bonds. The highest BCUT2D eigenvalue weighted by Crippen LogP contribution is 2.19. The molecule has 2 heterocycles. The van der Waals surface area contributed by atoms with Crippen molar-refractivity contribution in [1.82, 2.24) is 24.9 Å². The molecule has 31 heavy (non-hydrogen) atoms. The van der Waals surface area contributed by atoms with Gasteiger partial charge in [0.1, 0.15) is 17.1 Å². The Morgan fingerprint density at radius 1 is 1.10 bits per heavy atom. The van der Waals surface area contributed by atoms with Crippen molar-refractivity contribution in [2.45, 2.75) is 6.54 Å². The predicted molar refractivity (Wildman–Crippen MR) is 109 cm³/mol. The minimum Gasteiger partial charge on any atom is -0.477 e. The summed E-state index contributed by atoms with van der Waals surface area (Å²) in [6.07, 6.45) is 0. The van der Waals surface area contributed by atoms with E-state index < -0.39 is 22.7 Å². The smallest absolute Gasteiger partial charge is 0.354 e. The molecule has 0 aliphatic heterocycles. The largest absolute Gasteiger partial charge is 0.477 e. The quantitative estimate of drug-likeness (QED) is 0.244. The number of carbonyl (C=O) groups is 2. The average molecular weight is 422 g/mol. The molecule has 0 aliphatic rings. The number of anilines is 4. The molecular formula is C18H14N8O5. The lowest BCUT2D eigenvalue weighted by molar-refractivity contribution is 0.0687. The van der Waals surface area contributed by atoms with Crippen LogP contribution in [-0.2, 0) is 6.54 Å². The third-order valence-corrected chi connectivity index (χ3v) is 4.38. The van der Waals surface area contributed by atoms with Gasteiger partial charge in [-0.3, -0.25) is 14.4 Å². The molecule has 13 heteroatoms. The summed E-state index contributed by atoms with van der Waals surface area (Å²) in [5.74, 6) is -2.28. The van der Waals surface area contributed by atoms with Crippen molar-refractivity contribution in [2.24, 2.45) is 0 Å². The first-order valence-corrected chi connectivity index (χ1v) is 8.74. The molecule has 0 atom stereocenters. The number of carboxylic acids is 1. The Morgan fingerprint density at radius 3 is 2.58 bits per heavy atom. The van der Waals surface area contributed by atoms with Crippen LogP contribution in [0, 0.1) is 0 Å². The van der Waals surface area contributed by atoms with Crippen LogP contribution in [0.1, 0.15) is 26.5 Å². The van der Waals surface area contributed by atoms with E-state index >= 15 is 0 Å². The first kappa shape index (κ1) is 19.5. The maximum atomic E-state index is 12.5. The zero-order valence-corrected chi connectivity index (χ0v) is 15.6. The number of benzene rings is 1. The number of nitrogens with two attached hydrogens (primary N) is 2. The molecule has 0 unspecified atom stereocenters.